The Balaban J connectivity index is 1.62. The zero-order valence-corrected chi connectivity index (χ0v) is 13.0. The fraction of sp³-hybridized carbons (Fsp3) is 0.562. The number of nitrogens with one attached hydrogen (secondary N) is 1. The molecule has 0 aliphatic carbocycles. The lowest BCUT2D eigenvalue weighted by Gasteiger charge is -2.38. The number of aromatic nitrogens is 1. The number of nitrogens with two attached hydrogens (primary N) is 1. The van der Waals surface area contributed by atoms with Crippen molar-refractivity contribution in [1.82, 2.24) is 14.8 Å². The molecule has 2 fully saturated rings. The summed E-state index contributed by atoms with van der Waals surface area (Å²) in [5.74, 6) is -0.477. The minimum absolute atomic E-state index is 0.167. The number of nitrogens with zero attached hydrogens (tertiary/aromatic N) is 2. The van der Waals surface area contributed by atoms with Crippen LogP contribution in [0.3, 0.4) is 0 Å². The monoisotopic (exact) mass is 318 g/mol. The molecule has 7 nitrogen and oxygen atoms in total. The van der Waals surface area contributed by atoms with E-state index in [0.717, 1.165) is 32.2 Å². The molecule has 0 bridgehead atoms. The SMILES string of the molecule is NC(=O)[C@H]1CCCN1C1CCN(C(=O)c2ccc[nH]c2=O)CC1. The summed E-state index contributed by atoms with van der Waals surface area (Å²) in [6.45, 7) is 2.09. The normalized spacial score (nSPS) is 23.1. The van der Waals surface area contributed by atoms with Gasteiger partial charge in [-0.3, -0.25) is 19.3 Å². The highest BCUT2D eigenvalue weighted by molar-refractivity contribution is 5.93. The second-order valence-electron chi connectivity index (χ2n) is 6.23. The van der Waals surface area contributed by atoms with E-state index in [9.17, 15) is 14.4 Å². The van der Waals surface area contributed by atoms with Gasteiger partial charge in [0, 0.05) is 25.3 Å². The van der Waals surface area contributed by atoms with Crippen LogP contribution in [0.1, 0.15) is 36.0 Å². The molecule has 2 aliphatic heterocycles. The minimum Gasteiger partial charge on any atom is -0.368 e. The van der Waals surface area contributed by atoms with Crippen molar-refractivity contribution in [2.24, 2.45) is 5.73 Å². The summed E-state index contributed by atoms with van der Waals surface area (Å²) in [4.78, 5) is 42.1. The number of carbonyl (C=O) groups is 2. The highest BCUT2D eigenvalue weighted by Gasteiger charge is 2.36. The van der Waals surface area contributed by atoms with Crippen LogP contribution in [-0.2, 0) is 4.79 Å². The first-order chi connectivity index (χ1) is 11.1. The fourth-order valence-electron chi connectivity index (χ4n) is 3.69. The molecule has 23 heavy (non-hydrogen) atoms. The van der Waals surface area contributed by atoms with E-state index in [2.05, 4.69) is 9.88 Å². The smallest absolute Gasteiger partial charge is 0.260 e. The Morgan fingerprint density at radius 3 is 2.57 bits per heavy atom. The van der Waals surface area contributed by atoms with Crippen LogP contribution in [0.4, 0.5) is 0 Å². The zero-order chi connectivity index (χ0) is 16.4. The van der Waals surface area contributed by atoms with Crippen LogP contribution in [0, 0.1) is 0 Å². The molecule has 0 radical (unpaired) electrons. The Morgan fingerprint density at radius 1 is 1.17 bits per heavy atom. The Labute approximate surface area is 134 Å². The quantitative estimate of drug-likeness (QED) is 0.815. The number of hydrogen-bond acceptors (Lipinski definition) is 4. The van der Waals surface area contributed by atoms with Crippen molar-refractivity contribution >= 4 is 11.8 Å². The molecule has 0 unspecified atom stereocenters. The van der Waals surface area contributed by atoms with Crippen molar-refractivity contribution in [3.63, 3.8) is 0 Å². The van der Waals surface area contributed by atoms with Gasteiger partial charge in [-0.15, -0.1) is 0 Å². The third-order valence-electron chi connectivity index (χ3n) is 4.89. The standard InChI is InChI=1S/C16H22N4O3/c17-14(21)13-4-2-8-20(13)11-5-9-19(10-6-11)16(23)12-3-1-7-18-15(12)22/h1,3,7,11,13H,2,4-6,8-10H2,(H2,17,21)(H,18,22)/t13-/m1/s1. The molecule has 2 aliphatic rings. The van der Waals surface area contributed by atoms with E-state index in [1.807, 2.05) is 0 Å². The maximum atomic E-state index is 12.4. The van der Waals surface area contributed by atoms with E-state index in [-0.39, 0.29) is 35.0 Å². The van der Waals surface area contributed by atoms with E-state index in [0.29, 0.717) is 13.1 Å². The molecule has 1 aromatic rings. The maximum absolute atomic E-state index is 12.4. The number of primary amides is 1. The van der Waals surface area contributed by atoms with Crippen LogP contribution >= 0.6 is 0 Å². The van der Waals surface area contributed by atoms with Crippen LogP contribution < -0.4 is 11.3 Å². The van der Waals surface area contributed by atoms with Crippen molar-refractivity contribution in [2.75, 3.05) is 19.6 Å². The van der Waals surface area contributed by atoms with Gasteiger partial charge >= 0.3 is 0 Å². The highest BCUT2D eigenvalue weighted by atomic mass is 16.2. The number of likely N-dealkylation sites (tertiary alicyclic amines) is 2. The van der Waals surface area contributed by atoms with Gasteiger partial charge in [-0.2, -0.15) is 0 Å². The first-order valence-electron chi connectivity index (χ1n) is 8.10. The average Bonchev–Trinajstić information content (AvgIpc) is 3.05. The summed E-state index contributed by atoms with van der Waals surface area (Å²) in [6.07, 6.45) is 4.95. The molecule has 3 N–H and O–H groups in total. The predicted octanol–water partition coefficient (Wildman–Crippen LogP) is -0.0708. The largest absolute Gasteiger partial charge is 0.368 e. The van der Waals surface area contributed by atoms with Gasteiger partial charge < -0.3 is 15.6 Å². The molecule has 0 saturated carbocycles. The molecule has 7 heteroatoms. The second-order valence-corrected chi connectivity index (χ2v) is 6.23. The second kappa shape index (κ2) is 6.54. The molecule has 0 spiro atoms. The van der Waals surface area contributed by atoms with E-state index >= 15 is 0 Å². The predicted molar refractivity (Wildman–Crippen MR) is 84.9 cm³/mol. The number of aromatic amines is 1. The molecular weight excluding hydrogens is 296 g/mol. The van der Waals surface area contributed by atoms with Crippen LogP contribution in [0.2, 0.25) is 0 Å². The van der Waals surface area contributed by atoms with Crippen molar-refractivity contribution in [2.45, 2.75) is 37.8 Å². The van der Waals surface area contributed by atoms with Gasteiger partial charge in [-0.25, -0.2) is 0 Å². The summed E-state index contributed by atoms with van der Waals surface area (Å²) in [6, 6.07) is 3.33. The fourth-order valence-corrected chi connectivity index (χ4v) is 3.69. The molecule has 3 heterocycles. The Bertz CT molecular complexity index is 649. The summed E-state index contributed by atoms with van der Waals surface area (Å²) in [5, 5.41) is 0. The lowest BCUT2D eigenvalue weighted by atomic mass is 10.0. The van der Waals surface area contributed by atoms with Crippen molar-refractivity contribution < 1.29 is 9.59 Å². The average molecular weight is 318 g/mol. The Morgan fingerprint density at radius 2 is 1.91 bits per heavy atom. The molecule has 124 valence electrons. The summed E-state index contributed by atoms with van der Waals surface area (Å²) in [5.41, 5.74) is 5.31. The Kier molecular flexibility index (Phi) is 4.47. The number of amides is 2. The van der Waals surface area contributed by atoms with E-state index < -0.39 is 0 Å². The van der Waals surface area contributed by atoms with Crippen molar-refractivity contribution in [3.05, 3.63) is 34.2 Å². The lowest BCUT2D eigenvalue weighted by Crippen LogP contribution is -2.51. The number of H-pyrrole nitrogens is 1. The van der Waals surface area contributed by atoms with Gasteiger partial charge in [0.15, 0.2) is 0 Å². The van der Waals surface area contributed by atoms with Gasteiger partial charge in [0.05, 0.1) is 6.04 Å². The summed E-state index contributed by atoms with van der Waals surface area (Å²) >= 11 is 0. The van der Waals surface area contributed by atoms with Crippen molar-refractivity contribution in [1.29, 1.82) is 0 Å². The van der Waals surface area contributed by atoms with E-state index in [1.54, 1.807) is 17.0 Å². The van der Waals surface area contributed by atoms with Gasteiger partial charge in [0.1, 0.15) is 5.56 Å². The van der Waals surface area contributed by atoms with Gasteiger partial charge in [0.25, 0.3) is 11.5 Å². The topological polar surface area (TPSA) is 99.5 Å². The van der Waals surface area contributed by atoms with Crippen LogP contribution in [0.25, 0.3) is 0 Å². The summed E-state index contributed by atoms with van der Waals surface area (Å²) < 4.78 is 0. The lowest BCUT2D eigenvalue weighted by molar-refractivity contribution is -0.123. The number of rotatable bonds is 3. The third kappa shape index (κ3) is 3.14. The van der Waals surface area contributed by atoms with E-state index in [4.69, 9.17) is 5.73 Å². The maximum Gasteiger partial charge on any atom is 0.260 e. The first-order valence-corrected chi connectivity index (χ1v) is 8.10. The summed E-state index contributed by atoms with van der Waals surface area (Å²) in [7, 11) is 0. The van der Waals surface area contributed by atoms with Gasteiger partial charge in [-0.1, -0.05) is 0 Å². The zero-order valence-electron chi connectivity index (χ0n) is 13.0. The van der Waals surface area contributed by atoms with Gasteiger partial charge in [0.2, 0.25) is 5.91 Å². The van der Waals surface area contributed by atoms with Crippen LogP contribution in [0.5, 0.6) is 0 Å². The molecule has 0 aromatic carbocycles. The molecule has 1 atom stereocenters. The number of pyridine rings is 1. The molecule has 2 amide bonds. The third-order valence-corrected chi connectivity index (χ3v) is 4.89. The number of hydrogen-bond donors (Lipinski definition) is 2. The molecule has 2 saturated heterocycles. The van der Waals surface area contributed by atoms with Crippen molar-refractivity contribution in [3.8, 4) is 0 Å². The first kappa shape index (κ1) is 15.7. The molecular formula is C16H22N4O3. The molecule has 3 rings (SSSR count). The highest BCUT2D eigenvalue weighted by Crippen LogP contribution is 2.26. The van der Waals surface area contributed by atoms with Crippen LogP contribution in [-0.4, -0.2) is 58.3 Å². The van der Waals surface area contributed by atoms with E-state index in [1.165, 1.54) is 6.20 Å². The van der Waals surface area contributed by atoms with Crippen LogP contribution in [0.15, 0.2) is 23.1 Å². The Hall–Kier alpha value is -2.15. The molecule has 1 aromatic heterocycles. The number of piperidine rings is 1. The number of carbonyl (C=O) groups excluding carboxylic acids is 2. The van der Waals surface area contributed by atoms with Gasteiger partial charge in [-0.05, 0) is 44.4 Å². The minimum atomic E-state index is -0.354.